The molecule has 0 bridgehead atoms. The first-order valence-electron chi connectivity index (χ1n) is 7.95. The first kappa shape index (κ1) is 19.1. The quantitative estimate of drug-likeness (QED) is 0.718. The van der Waals surface area contributed by atoms with Gasteiger partial charge in [0.2, 0.25) is 11.8 Å². The monoisotopic (exact) mass is 408 g/mol. The molecule has 1 aromatic carbocycles. The van der Waals surface area contributed by atoms with Crippen LogP contribution in [-0.4, -0.2) is 31.2 Å². The lowest BCUT2D eigenvalue weighted by molar-refractivity contribution is -0.115. The normalized spacial score (nSPS) is 10.2. The van der Waals surface area contributed by atoms with Gasteiger partial charge in [-0.05, 0) is 37.6 Å². The second-order valence-electron chi connectivity index (χ2n) is 5.07. The Kier molecular flexibility index (Phi) is 7.06. The van der Waals surface area contributed by atoms with Gasteiger partial charge >= 0.3 is 0 Å². The average molecular weight is 409 g/mol. The Hall–Kier alpha value is -2.28. The summed E-state index contributed by atoms with van der Waals surface area (Å²) >= 11 is 3.49. The van der Waals surface area contributed by atoms with Crippen LogP contribution in [0, 0.1) is 0 Å². The number of pyridine rings is 1. The molecule has 0 fully saturated rings. The van der Waals surface area contributed by atoms with E-state index >= 15 is 0 Å². The molecule has 1 N–H and O–H groups in total. The highest BCUT2D eigenvalue weighted by molar-refractivity contribution is 9.10. The van der Waals surface area contributed by atoms with E-state index in [0.717, 1.165) is 10.0 Å². The molecule has 1 aromatic heterocycles. The minimum atomic E-state index is -0.153. The number of methoxy groups -OCH3 is 1. The molecule has 1 amide bonds. The van der Waals surface area contributed by atoms with E-state index in [0.29, 0.717) is 36.3 Å². The highest BCUT2D eigenvalue weighted by Gasteiger charge is 2.14. The maximum absolute atomic E-state index is 12.3. The molecule has 134 valence electrons. The van der Waals surface area contributed by atoms with Gasteiger partial charge in [0, 0.05) is 10.5 Å². The van der Waals surface area contributed by atoms with Crippen LogP contribution in [0.1, 0.15) is 19.4 Å². The fraction of sp³-hybridized carbons (Fsp3) is 0.333. The molecule has 0 spiro atoms. The third-order valence-corrected chi connectivity index (χ3v) is 4.03. The fourth-order valence-corrected chi connectivity index (χ4v) is 2.67. The number of anilines is 1. The number of carbonyl (C=O) groups is 1. The summed E-state index contributed by atoms with van der Waals surface area (Å²) < 4.78 is 17.0. The van der Waals surface area contributed by atoms with Crippen LogP contribution in [0.4, 0.5) is 5.69 Å². The second kappa shape index (κ2) is 9.27. The van der Waals surface area contributed by atoms with Crippen molar-refractivity contribution in [1.82, 2.24) is 4.98 Å². The molecule has 1 heterocycles. The predicted molar refractivity (Wildman–Crippen MR) is 99.6 cm³/mol. The molecule has 0 saturated carbocycles. The lowest BCUT2D eigenvalue weighted by Gasteiger charge is -2.14. The van der Waals surface area contributed by atoms with Crippen LogP contribution in [-0.2, 0) is 11.2 Å². The number of rotatable bonds is 8. The first-order valence-corrected chi connectivity index (χ1v) is 8.74. The standard InChI is InChI=1S/C18H21BrN2O4/c1-4-24-15-8-12(14(19)10-16(15)25-5-2)9-17(22)21-13-6-7-18(23-3)20-11-13/h6-8,10-11H,4-5,9H2,1-3H3,(H,21,22). The van der Waals surface area contributed by atoms with Crippen LogP contribution < -0.4 is 19.5 Å². The van der Waals surface area contributed by atoms with Crippen LogP contribution in [0.2, 0.25) is 0 Å². The summed E-state index contributed by atoms with van der Waals surface area (Å²) in [6, 6.07) is 7.08. The van der Waals surface area contributed by atoms with Crippen LogP contribution in [0.5, 0.6) is 17.4 Å². The van der Waals surface area contributed by atoms with Gasteiger partial charge in [0.15, 0.2) is 11.5 Å². The van der Waals surface area contributed by atoms with Crippen molar-refractivity contribution in [2.45, 2.75) is 20.3 Å². The van der Waals surface area contributed by atoms with Crippen LogP contribution in [0.25, 0.3) is 0 Å². The first-order chi connectivity index (χ1) is 12.1. The number of aromatic nitrogens is 1. The van der Waals surface area contributed by atoms with Crippen LogP contribution >= 0.6 is 15.9 Å². The van der Waals surface area contributed by atoms with Crippen molar-refractivity contribution in [2.24, 2.45) is 0 Å². The number of nitrogens with one attached hydrogen (secondary N) is 1. The van der Waals surface area contributed by atoms with E-state index in [9.17, 15) is 4.79 Å². The van der Waals surface area contributed by atoms with Crippen molar-refractivity contribution in [2.75, 3.05) is 25.6 Å². The Morgan fingerprint density at radius 3 is 2.40 bits per heavy atom. The van der Waals surface area contributed by atoms with Gasteiger partial charge in [-0.25, -0.2) is 4.98 Å². The molecule has 0 aliphatic carbocycles. The Balaban J connectivity index is 2.11. The average Bonchev–Trinajstić information content (AvgIpc) is 2.60. The molecule has 25 heavy (non-hydrogen) atoms. The SMILES string of the molecule is CCOc1cc(Br)c(CC(=O)Nc2ccc(OC)nc2)cc1OCC. The molecule has 0 radical (unpaired) electrons. The minimum Gasteiger partial charge on any atom is -0.490 e. The fourth-order valence-electron chi connectivity index (χ4n) is 2.20. The molecule has 0 saturated heterocycles. The summed E-state index contributed by atoms with van der Waals surface area (Å²) in [6.07, 6.45) is 1.74. The zero-order chi connectivity index (χ0) is 18.2. The largest absolute Gasteiger partial charge is 0.490 e. The van der Waals surface area contributed by atoms with Gasteiger partial charge in [0.1, 0.15) is 0 Å². The lowest BCUT2D eigenvalue weighted by atomic mass is 10.1. The molecular weight excluding hydrogens is 388 g/mol. The molecule has 6 nitrogen and oxygen atoms in total. The number of carbonyl (C=O) groups excluding carboxylic acids is 1. The van der Waals surface area contributed by atoms with Crippen molar-refractivity contribution in [1.29, 1.82) is 0 Å². The van der Waals surface area contributed by atoms with E-state index in [1.165, 1.54) is 0 Å². The molecule has 0 aliphatic rings. The van der Waals surface area contributed by atoms with Crippen molar-refractivity contribution >= 4 is 27.5 Å². The molecule has 7 heteroatoms. The van der Waals surface area contributed by atoms with Gasteiger partial charge in [-0.1, -0.05) is 15.9 Å². The van der Waals surface area contributed by atoms with E-state index < -0.39 is 0 Å². The van der Waals surface area contributed by atoms with Gasteiger partial charge in [-0.2, -0.15) is 0 Å². The number of hydrogen-bond acceptors (Lipinski definition) is 5. The van der Waals surface area contributed by atoms with Gasteiger partial charge in [0.05, 0.1) is 38.6 Å². The Morgan fingerprint density at radius 2 is 1.84 bits per heavy atom. The predicted octanol–water partition coefficient (Wildman–Crippen LogP) is 3.83. The lowest BCUT2D eigenvalue weighted by Crippen LogP contribution is -2.15. The second-order valence-corrected chi connectivity index (χ2v) is 5.92. The van der Waals surface area contributed by atoms with Crippen molar-refractivity contribution in [3.05, 3.63) is 40.5 Å². The maximum Gasteiger partial charge on any atom is 0.228 e. The molecule has 0 atom stereocenters. The molecule has 2 rings (SSSR count). The van der Waals surface area contributed by atoms with E-state index in [4.69, 9.17) is 14.2 Å². The zero-order valence-corrected chi connectivity index (χ0v) is 16.1. The van der Waals surface area contributed by atoms with Gasteiger partial charge < -0.3 is 19.5 Å². The van der Waals surface area contributed by atoms with Crippen molar-refractivity contribution in [3.63, 3.8) is 0 Å². The van der Waals surface area contributed by atoms with Crippen molar-refractivity contribution in [3.8, 4) is 17.4 Å². The molecular formula is C18H21BrN2O4. The third-order valence-electron chi connectivity index (χ3n) is 3.29. The summed E-state index contributed by atoms with van der Waals surface area (Å²) in [7, 11) is 1.54. The number of halogens is 1. The molecule has 0 aliphatic heterocycles. The highest BCUT2D eigenvalue weighted by atomic mass is 79.9. The van der Waals surface area contributed by atoms with E-state index in [-0.39, 0.29) is 12.3 Å². The van der Waals surface area contributed by atoms with E-state index in [2.05, 4.69) is 26.2 Å². The topological polar surface area (TPSA) is 69.7 Å². The number of hydrogen-bond donors (Lipinski definition) is 1. The van der Waals surface area contributed by atoms with Gasteiger partial charge in [-0.3, -0.25) is 4.79 Å². The van der Waals surface area contributed by atoms with Crippen LogP contribution in [0.3, 0.4) is 0 Å². The van der Waals surface area contributed by atoms with Crippen LogP contribution in [0.15, 0.2) is 34.9 Å². The van der Waals surface area contributed by atoms with E-state index in [1.54, 1.807) is 25.4 Å². The zero-order valence-electron chi connectivity index (χ0n) is 14.5. The summed E-state index contributed by atoms with van der Waals surface area (Å²) in [5, 5.41) is 2.81. The minimum absolute atomic E-state index is 0.153. The summed E-state index contributed by atoms with van der Waals surface area (Å²) in [5.41, 5.74) is 1.42. The summed E-state index contributed by atoms with van der Waals surface area (Å²) in [5.74, 6) is 1.62. The number of amides is 1. The summed E-state index contributed by atoms with van der Waals surface area (Å²) in [6.45, 7) is 4.87. The van der Waals surface area contributed by atoms with Gasteiger partial charge in [0.25, 0.3) is 0 Å². The number of benzene rings is 1. The smallest absolute Gasteiger partial charge is 0.228 e. The summed E-state index contributed by atoms with van der Waals surface area (Å²) in [4.78, 5) is 16.4. The van der Waals surface area contributed by atoms with E-state index in [1.807, 2.05) is 26.0 Å². The molecule has 2 aromatic rings. The molecule has 0 unspecified atom stereocenters. The number of nitrogens with zero attached hydrogens (tertiary/aromatic N) is 1. The van der Waals surface area contributed by atoms with Crippen molar-refractivity contribution < 1.29 is 19.0 Å². The van der Waals surface area contributed by atoms with Gasteiger partial charge in [-0.15, -0.1) is 0 Å². The Morgan fingerprint density at radius 1 is 1.16 bits per heavy atom. The maximum atomic E-state index is 12.3. The Bertz CT molecular complexity index is 720. The highest BCUT2D eigenvalue weighted by Crippen LogP contribution is 2.34. The Labute approximate surface area is 155 Å². The third kappa shape index (κ3) is 5.35. The number of ether oxygens (including phenoxy) is 3.